The maximum absolute atomic E-state index is 12.6. The van der Waals surface area contributed by atoms with Crippen LogP contribution in [0.3, 0.4) is 0 Å². The Balaban J connectivity index is 1.69. The van der Waals surface area contributed by atoms with Crippen LogP contribution in [-0.4, -0.2) is 50.8 Å². The highest BCUT2D eigenvalue weighted by Gasteiger charge is 2.24. The van der Waals surface area contributed by atoms with Gasteiger partial charge in [-0.3, -0.25) is 9.59 Å². The fourth-order valence-corrected chi connectivity index (χ4v) is 3.76. The molecule has 9 nitrogen and oxygen atoms in total. The summed E-state index contributed by atoms with van der Waals surface area (Å²) in [6.45, 7) is 3.34. The molecule has 3 rings (SSSR count). The van der Waals surface area contributed by atoms with E-state index in [1.165, 1.54) is 26.2 Å². The Hall–Kier alpha value is -3.11. The molecular formula is C20H24N4O5S. The third kappa shape index (κ3) is 4.55. The maximum atomic E-state index is 12.6. The molecule has 1 aliphatic rings. The number of nitrogens with one attached hydrogen (secondary N) is 3. The van der Waals surface area contributed by atoms with Crippen LogP contribution in [0.25, 0.3) is 0 Å². The molecule has 0 aromatic heterocycles. The molecule has 0 aliphatic carbocycles. The van der Waals surface area contributed by atoms with Gasteiger partial charge < -0.3 is 20.7 Å². The average molecular weight is 433 g/mol. The molecule has 1 aliphatic heterocycles. The number of nitrogens with zero attached hydrogens (tertiary/aromatic N) is 1. The SMILES string of the molecule is C[C@H](Nc1ccc2c(c1)NC(=O)[C@H](C)O2)C(=O)Nc1cccc(S(=O)(=O)N(C)C)c1. The van der Waals surface area contributed by atoms with Crippen molar-refractivity contribution < 1.29 is 22.7 Å². The first kappa shape index (κ1) is 21.6. The van der Waals surface area contributed by atoms with E-state index in [9.17, 15) is 18.0 Å². The van der Waals surface area contributed by atoms with E-state index in [0.717, 1.165) is 4.31 Å². The number of amides is 2. The number of hydrogen-bond acceptors (Lipinski definition) is 6. The maximum Gasteiger partial charge on any atom is 0.265 e. The minimum absolute atomic E-state index is 0.0885. The first-order valence-corrected chi connectivity index (χ1v) is 10.7. The summed E-state index contributed by atoms with van der Waals surface area (Å²) in [7, 11) is -0.714. The number of sulfonamides is 1. The predicted octanol–water partition coefficient (Wildman–Crippen LogP) is 2.10. The summed E-state index contributed by atoms with van der Waals surface area (Å²) >= 11 is 0. The first-order chi connectivity index (χ1) is 14.1. The number of benzene rings is 2. The fourth-order valence-electron chi connectivity index (χ4n) is 2.81. The van der Waals surface area contributed by atoms with Gasteiger partial charge in [-0.15, -0.1) is 0 Å². The van der Waals surface area contributed by atoms with Crippen LogP contribution in [0, 0.1) is 0 Å². The third-order valence-electron chi connectivity index (χ3n) is 4.57. The van der Waals surface area contributed by atoms with Gasteiger partial charge in [-0.25, -0.2) is 12.7 Å². The molecule has 0 bridgehead atoms. The normalized spacial score (nSPS) is 16.8. The second-order valence-electron chi connectivity index (χ2n) is 7.13. The standard InChI is InChI=1S/C20H24N4O5S/c1-12(21-15-8-9-18-17(11-15)23-20(26)13(2)29-18)19(25)22-14-6-5-7-16(10-14)30(27,28)24(3)4/h5-13,21H,1-4H3,(H,22,25)(H,23,26)/t12-,13-/m0/s1. The second kappa shape index (κ2) is 8.33. The summed E-state index contributed by atoms with van der Waals surface area (Å²) < 4.78 is 31.2. The van der Waals surface area contributed by atoms with E-state index < -0.39 is 22.2 Å². The molecule has 0 spiro atoms. The molecule has 0 saturated carbocycles. The Morgan fingerprint density at radius 2 is 1.90 bits per heavy atom. The molecule has 0 saturated heterocycles. The van der Waals surface area contributed by atoms with E-state index >= 15 is 0 Å². The van der Waals surface area contributed by atoms with Crippen LogP contribution in [0.15, 0.2) is 47.4 Å². The van der Waals surface area contributed by atoms with E-state index in [1.807, 2.05) is 0 Å². The van der Waals surface area contributed by atoms with Gasteiger partial charge in [0, 0.05) is 25.5 Å². The van der Waals surface area contributed by atoms with E-state index in [-0.39, 0.29) is 16.7 Å². The lowest BCUT2D eigenvalue weighted by atomic mass is 10.2. The second-order valence-corrected chi connectivity index (χ2v) is 9.28. The van der Waals surface area contributed by atoms with Crippen LogP contribution in [0.1, 0.15) is 13.8 Å². The van der Waals surface area contributed by atoms with Crippen molar-refractivity contribution in [1.82, 2.24) is 4.31 Å². The number of fused-ring (bicyclic) bond motifs is 1. The summed E-state index contributed by atoms with van der Waals surface area (Å²) in [5.41, 5.74) is 1.52. The molecule has 0 fully saturated rings. The molecule has 0 unspecified atom stereocenters. The number of carbonyl (C=O) groups is 2. The molecule has 1 heterocycles. The van der Waals surface area contributed by atoms with E-state index in [4.69, 9.17) is 4.74 Å². The lowest BCUT2D eigenvalue weighted by Gasteiger charge is -2.24. The lowest BCUT2D eigenvalue weighted by Crippen LogP contribution is -2.34. The Bertz CT molecular complexity index is 1080. The van der Waals surface area contributed by atoms with Gasteiger partial charge in [-0.1, -0.05) is 6.07 Å². The summed E-state index contributed by atoms with van der Waals surface area (Å²) in [6.07, 6.45) is -0.562. The van der Waals surface area contributed by atoms with E-state index in [0.29, 0.717) is 22.8 Å². The van der Waals surface area contributed by atoms with Crippen LogP contribution < -0.4 is 20.7 Å². The van der Waals surface area contributed by atoms with Crippen molar-refractivity contribution in [1.29, 1.82) is 0 Å². The van der Waals surface area contributed by atoms with Gasteiger partial charge in [0.05, 0.1) is 10.6 Å². The summed E-state index contributed by atoms with van der Waals surface area (Å²) in [4.78, 5) is 24.4. The molecule has 2 amide bonds. The minimum atomic E-state index is -3.60. The molecular weight excluding hydrogens is 408 g/mol. The highest BCUT2D eigenvalue weighted by molar-refractivity contribution is 7.89. The zero-order chi connectivity index (χ0) is 22.1. The molecule has 0 radical (unpaired) electrons. The number of hydrogen-bond donors (Lipinski definition) is 3. The van der Waals surface area contributed by atoms with Crippen LogP contribution >= 0.6 is 0 Å². The van der Waals surface area contributed by atoms with Crippen molar-refractivity contribution in [2.24, 2.45) is 0 Å². The van der Waals surface area contributed by atoms with Gasteiger partial charge in [0.15, 0.2) is 6.10 Å². The van der Waals surface area contributed by atoms with Crippen LogP contribution in [0.5, 0.6) is 5.75 Å². The Kier molecular flexibility index (Phi) is 5.99. The van der Waals surface area contributed by atoms with Crippen molar-refractivity contribution in [3.63, 3.8) is 0 Å². The summed E-state index contributed by atoms with van der Waals surface area (Å²) in [6, 6.07) is 10.6. The Labute approximate surface area is 175 Å². The lowest BCUT2D eigenvalue weighted by molar-refractivity contribution is -0.122. The van der Waals surface area contributed by atoms with Gasteiger partial charge in [-0.05, 0) is 50.2 Å². The first-order valence-electron chi connectivity index (χ1n) is 9.29. The molecule has 3 N–H and O–H groups in total. The van der Waals surface area contributed by atoms with Gasteiger partial charge >= 0.3 is 0 Å². The van der Waals surface area contributed by atoms with E-state index in [2.05, 4.69) is 16.0 Å². The number of anilines is 3. The quantitative estimate of drug-likeness (QED) is 0.644. The summed E-state index contributed by atoms with van der Waals surface area (Å²) in [5.74, 6) is -0.0253. The third-order valence-corrected chi connectivity index (χ3v) is 6.38. The topological polar surface area (TPSA) is 117 Å². The molecule has 160 valence electrons. The Morgan fingerprint density at radius 1 is 1.17 bits per heavy atom. The monoisotopic (exact) mass is 432 g/mol. The van der Waals surface area contributed by atoms with Crippen molar-refractivity contribution >= 4 is 38.9 Å². The number of carbonyl (C=O) groups excluding carboxylic acids is 2. The predicted molar refractivity (Wildman–Crippen MR) is 114 cm³/mol. The zero-order valence-corrected chi connectivity index (χ0v) is 17.9. The van der Waals surface area contributed by atoms with Gasteiger partial charge in [0.1, 0.15) is 11.8 Å². The smallest absolute Gasteiger partial charge is 0.265 e. The van der Waals surface area contributed by atoms with Crippen molar-refractivity contribution in [2.75, 3.05) is 30.0 Å². The molecule has 10 heteroatoms. The molecule has 30 heavy (non-hydrogen) atoms. The molecule has 2 aromatic rings. The molecule has 2 atom stereocenters. The largest absolute Gasteiger partial charge is 0.479 e. The van der Waals surface area contributed by atoms with Crippen LogP contribution in [0.4, 0.5) is 17.1 Å². The van der Waals surface area contributed by atoms with Gasteiger partial charge in [-0.2, -0.15) is 0 Å². The van der Waals surface area contributed by atoms with Crippen molar-refractivity contribution in [3.8, 4) is 5.75 Å². The highest BCUT2D eigenvalue weighted by Crippen LogP contribution is 2.32. The molecule has 2 aromatic carbocycles. The highest BCUT2D eigenvalue weighted by atomic mass is 32.2. The van der Waals surface area contributed by atoms with E-state index in [1.54, 1.807) is 44.2 Å². The van der Waals surface area contributed by atoms with Gasteiger partial charge in [0.2, 0.25) is 15.9 Å². The van der Waals surface area contributed by atoms with Gasteiger partial charge in [0.25, 0.3) is 5.91 Å². The van der Waals surface area contributed by atoms with Crippen LogP contribution in [-0.2, 0) is 19.6 Å². The van der Waals surface area contributed by atoms with Crippen LogP contribution in [0.2, 0.25) is 0 Å². The zero-order valence-electron chi connectivity index (χ0n) is 17.1. The minimum Gasteiger partial charge on any atom is -0.479 e. The fraction of sp³-hybridized carbons (Fsp3) is 0.300. The van der Waals surface area contributed by atoms with Crippen molar-refractivity contribution in [3.05, 3.63) is 42.5 Å². The van der Waals surface area contributed by atoms with Crippen molar-refractivity contribution in [2.45, 2.75) is 30.9 Å². The number of rotatable bonds is 6. The Morgan fingerprint density at radius 3 is 2.60 bits per heavy atom. The number of ether oxygens (including phenoxy) is 1. The summed E-state index contributed by atoms with van der Waals surface area (Å²) in [5, 5.41) is 8.52. The average Bonchev–Trinajstić information content (AvgIpc) is 2.69.